The number of fused-ring (bicyclic) bond motifs is 7. The van der Waals surface area contributed by atoms with Gasteiger partial charge in [0.25, 0.3) is 0 Å². The average Bonchev–Trinajstić information content (AvgIpc) is 3.30. The molecule has 0 bridgehead atoms. The summed E-state index contributed by atoms with van der Waals surface area (Å²) in [5, 5.41) is 88.0. The van der Waals surface area contributed by atoms with Gasteiger partial charge in [0, 0.05) is 17.8 Å². The topological polar surface area (TPSA) is 180 Å². The van der Waals surface area contributed by atoms with Gasteiger partial charge in [-0.15, -0.1) is 0 Å². The number of ether oxygens (including phenoxy) is 2. The normalized spacial score (nSPS) is 65.2. The molecule has 10 nitrogen and oxygen atoms in total. The number of hydrogen-bond acceptors (Lipinski definition) is 10. The van der Waals surface area contributed by atoms with Gasteiger partial charge in [0.05, 0.1) is 31.0 Å². The summed E-state index contributed by atoms with van der Waals surface area (Å²) in [6, 6.07) is 0. The molecular formula is C27H42O10. The second-order valence-corrected chi connectivity index (χ2v) is 13.4. The lowest BCUT2D eigenvalue weighted by Crippen LogP contribution is -2.83. The fraction of sp³-hybridized carbons (Fsp3) is 0.926. The molecule has 6 rings (SSSR count). The van der Waals surface area contributed by atoms with Crippen LogP contribution in [0.1, 0.15) is 46.5 Å². The highest BCUT2D eigenvalue weighted by Crippen LogP contribution is 2.71. The van der Waals surface area contributed by atoms with E-state index < -0.39 is 71.4 Å². The number of hydrogen-bond donors (Lipinski definition) is 8. The maximum absolute atomic E-state index is 11.7. The van der Waals surface area contributed by atoms with Crippen molar-refractivity contribution < 1.29 is 50.3 Å². The molecule has 2 saturated heterocycles. The first-order chi connectivity index (χ1) is 17.2. The van der Waals surface area contributed by atoms with E-state index in [1.165, 1.54) is 0 Å². The Balaban J connectivity index is 1.37. The van der Waals surface area contributed by atoms with E-state index in [-0.39, 0.29) is 35.9 Å². The molecule has 0 radical (unpaired) electrons. The van der Waals surface area contributed by atoms with Crippen molar-refractivity contribution in [3.63, 3.8) is 0 Å². The summed E-state index contributed by atoms with van der Waals surface area (Å²) in [6.45, 7) is 9.90. The van der Waals surface area contributed by atoms with E-state index in [9.17, 15) is 40.9 Å². The fourth-order valence-corrected chi connectivity index (χ4v) is 10.3. The van der Waals surface area contributed by atoms with Crippen LogP contribution in [0.4, 0.5) is 0 Å². The Bertz CT molecular complexity index is 977. The van der Waals surface area contributed by atoms with Crippen LogP contribution in [-0.2, 0) is 9.47 Å². The lowest BCUT2D eigenvalue weighted by atomic mass is 9.40. The molecule has 17 atom stereocenters. The molecule has 0 amide bonds. The molecule has 8 N–H and O–H groups in total. The zero-order valence-corrected chi connectivity index (χ0v) is 21.6. The first-order valence-corrected chi connectivity index (χ1v) is 13.6. The van der Waals surface area contributed by atoms with Gasteiger partial charge in [-0.25, -0.2) is 0 Å². The largest absolute Gasteiger partial charge is 0.390 e. The van der Waals surface area contributed by atoms with Crippen LogP contribution in [-0.4, -0.2) is 108 Å². The summed E-state index contributed by atoms with van der Waals surface area (Å²) < 4.78 is 12.7. The molecule has 0 aromatic heterocycles. The monoisotopic (exact) mass is 526 g/mol. The van der Waals surface area contributed by atoms with Gasteiger partial charge in [0.15, 0.2) is 5.79 Å². The van der Waals surface area contributed by atoms with Crippen LogP contribution < -0.4 is 0 Å². The zero-order valence-electron chi connectivity index (χ0n) is 21.6. The van der Waals surface area contributed by atoms with Crippen molar-refractivity contribution >= 4 is 0 Å². The third kappa shape index (κ3) is 2.90. The summed E-state index contributed by atoms with van der Waals surface area (Å²) >= 11 is 0. The van der Waals surface area contributed by atoms with Crippen molar-refractivity contribution in [3.05, 3.63) is 12.2 Å². The second kappa shape index (κ2) is 7.96. The lowest BCUT2D eigenvalue weighted by Gasteiger charge is -2.69. The smallest absolute Gasteiger partial charge is 0.174 e. The quantitative estimate of drug-likeness (QED) is 0.176. The van der Waals surface area contributed by atoms with E-state index in [4.69, 9.17) is 9.47 Å². The summed E-state index contributed by atoms with van der Waals surface area (Å²) in [5.41, 5.74) is -3.70. The van der Waals surface area contributed by atoms with Gasteiger partial charge in [0.1, 0.15) is 30.0 Å². The maximum atomic E-state index is 11.7. The van der Waals surface area contributed by atoms with E-state index in [2.05, 4.69) is 20.4 Å². The number of aliphatic hydroxyl groups excluding tert-OH is 7. The number of aliphatic hydroxyl groups is 8. The second-order valence-electron chi connectivity index (χ2n) is 13.4. The van der Waals surface area contributed by atoms with Crippen molar-refractivity contribution in [1.29, 1.82) is 0 Å². The average molecular weight is 527 g/mol. The molecule has 2 heterocycles. The Morgan fingerprint density at radius 1 is 0.892 bits per heavy atom. The SMILES string of the molecule is C=C1COC2(CC1O)OC1CC3C4C(O)C(O)C5(O)C(O)C(O)C(O)C(O)C5(C)C4CCC3(C)C1C2C. The van der Waals surface area contributed by atoms with Gasteiger partial charge in [-0.3, -0.25) is 0 Å². The highest BCUT2D eigenvalue weighted by atomic mass is 16.7. The molecule has 210 valence electrons. The predicted octanol–water partition coefficient (Wildman–Crippen LogP) is -1.35. The predicted molar refractivity (Wildman–Crippen MR) is 127 cm³/mol. The van der Waals surface area contributed by atoms with E-state index in [0.717, 1.165) is 0 Å². The van der Waals surface area contributed by atoms with Crippen molar-refractivity contribution in [2.45, 2.75) is 107 Å². The molecule has 2 aliphatic heterocycles. The summed E-state index contributed by atoms with van der Waals surface area (Å²) in [6.07, 6.45) is -9.32. The van der Waals surface area contributed by atoms with Gasteiger partial charge in [-0.2, -0.15) is 0 Å². The van der Waals surface area contributed by atoms with Crippen molar-refractivity contribution in [2.75, 3.05) is 6.61 Å². The molecule has 1 spiro atoms. The third-order valence-electron chi connectivity index (χ3n) is 12.3. The van der Waals surface area contributed by atoms with Gasteiger partial charge in [-0.1, -0.05) is 27.4 Å². The van der Waals surface area contributed by atoms with E-state index in [0.29, 0.717) is 31.3 Å². The van der Waals surface area contributed by atoms with Crippen molar-refractivity contribution in [2.24, 2.45) is 40.4 Å². The summed E-state index contributed by atoms with van der Waals surface area (Å²) in [4.78, 5) is 0. The van der Waals surface area contributed by atoms with Crippen LogP contribution in [0, 0.1) is 40.4 Å². The van der Waals surface area contributed by atoms with Gasteiger partial charge in [0.2, 0.25) is 0 Å². The Morgan fingerprint density at radius 2 is 1.51 bits per heavy atom. The number of rotatable bonds is 0. The molecule has 6 fully saturated rings. The molecule has 0 aromatic rings. The molecule has 4 aliphatic carbocycles. The molecular weight excluding hydrogens is 484 g/mol. The summed E-state index contributed by atoms with van der Waals surface area (Å²) in [7, 11) is 0. The van der Waals surface area contributed by atoms with Crippen molar-refractivity contribution in [1.82, 2.24) is 0 Å². The zero-order chi connectivity index (χ0) is 27.0. The third-order valence-corrected chi connectivity index (χ3v) is 12.3. The highest BCUT2D eigenvalue weighted by Gasteiger charge is 2.78. The highest BCUT2D eigenvalue weighted by molar-refractivity contribution is 5.27. The van der Waals surface area contributed by atoms with Crippen LogP contribution in [0.15, 0.2) is 12.2 Å². The van der Waals surface area contributed by atoms with E-state index in [1.54, 1.807) is 6.92 Å². The molecule has 6 aliphatic rings. The van der Waals surface area contributed by atoms with Crippen molar-refractivity contribution in [3.8, 4) is 0 Å². The van der Waals surface area contributed by atoms with Crippen LogP contribution in [0.5, 0.6) is 0 Å². The minimum atomic E-state index is -2.42. The van der Waals surface area contributed by atoms with Crippen LogP contribution in [0.25, 0.3) is 0 Å². The molecule has 37 heavy (non-hydrogen) atoms. The molecule has 0 aromatic carbocycles. The Labute approximate surface area is 216 Å². The minimum Gasteiger partial charge on any atom is -0.390 e. The van der Waals surface area contributed by atoms with Crippen LogP contribution >= 0.6 is 0 Å². The van der Waals surface area contributed by atoms with Gasteiger partial charge in [-0.05, 0) is 53.9 Å². The standard InChI is InChI=1S/C27H42O10/c1-10-9-36-26(8-14(10)28)11(2)17-15(37-26)7-13-16-12(5-6-24(13,17)3)25(4)21(32)19(30)20(31)23(34)27(25,35)22(33)18(16)29/h11-23,28-35H,1,5-9H2,2-4H3. The molecule has 17 unspecified atom stereocenters. The van der Waals surface area contributed by atoms with Gasteiger partial charge < -0.3 is 50.3 Å². The Kier molecular flexibility index (Phi) is 5.72. The molecule has 10 heteroatoms. The van der Waals surface area contributed by atoms with Gasteiger partial charge >= 0.3 is 0 Å². The molecule has 4 saturated carbocycles. The Morgan fingerprint density at radius 3 is 2.16 bits per heavy atom. The maximum Gasteiger partial charge on any atom is 0.174 e. The van der Waals surface area contributed by atoms with Crippen LogP contribution in [0.3, 0.4) is 0 Å². The minimum absolute atomic E-state index is 0.0518. The fourth-order valence-electron chi connectivity index (χ4n) is 10.3. The first kappa shape index (κ1) is 26.6. The summed E-state index contributed by atoms with van der Waals surface area (Å²) in [5.74, 6) is -2.13. The lowest BCUT2D eigenvalue weighted by molar-refractivity contribution is -0.367. The Hall–Kier alpha value is -0.660. The van der Waals surface area contributed by atoms with E-state index >= 15 is 0 Å². The van der Waals surface area contributed by atoms with E-state index in [1.807, 2.05) is 0 Å². The first-order valence-electron chi connectivity index (χ1n) is 13.6. The van der Waals surface area contributed by atoms with Crippen LogP contribution in [0.2, 0.25) is 0 Å².